The highest BCUT2D eigenvalue weighted by Crippen LogP contribution is 2.45. The van der Waals surface area contributed by atoms with E-state index in [1.54, 1.807) is 20.8 Å². The fourth-order valence-electron chi connectivity index (χ4n) is 6.74. The molecule has 5 rings (SSSR count). The van der Waals surface area contributed by atoms with E-state index in [1.165, 1.54) is 17.7 Å². The van der Waals surface area contributed by atoms with E-state index in [4.69, 9.17) is 9.47 Å². The molecule has 0 aromatic heterocycles. The molecule has 3 N–H and O–H groups in total. The largest absolute Gasteiger partial charge is 0.479 e. The van der Waals surface area contributed by atoms with Crippen LogP contribution in [0.4, 0.5) is 13.6 Å². The van der Waals surface area contributed by atoms with E-state index >= 15 is 0 Å². The van der Waals surface area contributed by atoms with Gasteiger partial charge < -0.3 is 30.1 Å². The van der Waals surface area contributed by atoms with Gasteiger partial charge >= 0.3 is 18.0 Å². The van der Waals surface area contributed by atoms with Gasteiger partial charge in [0.1, 0.15) is 29.3 Å². The molecule has 11 nitrogen and oxygen atoms in total. The number of nitrogens with zero attached hydrogens (tertiary/aromatic N) is 1. The van der Waals surface area contributed by atoms with Gasteiger partial charge in [0.2, 0.25) is 17.7 Å². The molecule has 1 aromatic carbocycles. The Kier molecular flexibility index (Phi) is 9.66. The quantitative estimate of drug-likeness (QED) is 0.325. The molecule has 2 aliphatic heterocycles. The number of carbonyl (C=O) groups excluding carboxylic acids is 4. The summed E-state index contributed by atoms with van der Waals surface area (Å²) in [5.41, 5.74) is -0.373. The highest BCUT2D eigenvalue weighted by molar-refractivity contribution is 5.96. The zero-order valence-corrected chi connectivity index (χ0v) is 26.9. The number of allylic oxidation sites excluding steroid dienone is 1. The van der Waals surface area contributed by atoms with Gasteiger partial charge in [0.15, 0.2) is 0 Å². The zero-order chi connectivity index (χ0) is 34.1. The average molecular weight is 660 g/mol. The molecule has 1 saturated heterocycles. The van der Waals surface area contributed by atoms with E-state index in [1.807, 2.05) is 24.3 Å². The number of hydrogen-bond donors (Lipinski definition) is 3. The Morgan fingerprint density at radius 2 is 1.81 bits per heavy atom. The number of amides is 3. The van der Waals surface area contributed by atoms with Crippen molar-refractivity contribution in [1.29, 1.82) is 0 Å². The number of aryl methyl sites for hydroxylation is 1. The fourth-order valence-corrected chi connectivity index (χ4v) is 6.74. The minimum Gasteiger partial charge on any atom is -0.479 e. The molecular weight excluding hydrogens is 616 g/mol. The predicted octanol–water partition coefficient (Wildman–Crippen LogP) is 3.92. The minimum atomic E-state index is -3.19. The summed E-state index contributed by atoms with van der Waals surface area (Å²) in [5.74, 6) is -7.59. The summed E-state index contributed by atoms with van der Waals surface area (Å²) in [6, 6.07) is 5.07. The Morgan fingerprint density at radius 3 is 2.51 bits per heavy atom. The van der Waals surface area contributed by atoms with Crippen LogP contribution in [0.5, 0.6) is 0 Å². The summed E-state index contributed by atoms with van der Waals surface area (Å²) in [4.78, 5) is 67.3. The summed E-state index contributed by atoms with van der Waals surface area (Å²) < 4.78 is 41.1. The standard InChI is InChI=1S/C34H43F2N3O8/c1-32(2,3)47-31(45)37-25-13-15-33(35,36)14-7-6-10-23-18-34(23,30(43)44)38-27(40)26-17-24(19-39(26)28(25)41)46-29(42)22-12-11-20-8-4-5-9-21(20)16-22/h4-6,8-10,22-26H,7,11-19H2,1-3H3,(H,37,45)(H,38,40)(H,43,44)/b10-6-/t22?,23-,24-,25+,26+,34-/m1/s1. The molecule has 0 radical (unpaired) electrons. The summed E-state index contributed by atoms with van der Waals surface area (Å²) in [7, 11) is 0. The Balaban J connectivity index is 1.40. The number of carbonyl (C=O) groups is 5. The van der Waals surface area contributed by atoms with Gasteiger partial charge in [-0.15, -0.1) is 0 Å². The van der Waals surface area contributed by atoms with Crippen molar-refractivity contribution in [2.24, 2.45) is 11.8 Å². The number of alkyl carbamates (subject to hydrolysis) is 1. The molecule has 0 spiro atoms. The molecule has 3 amide bonds. The SMILES string of the molecule is CC(C)(C)OC(=O)N[C@H]1CCC(F)(F)CC/C=C\[C@@H]2C[C@@]2(C(=O)O)NC(=O)[C@@H]2C[C@@H](OC(=O)C3CCc4ccccc4C3)CN2C1=O. The van der Waals surface area contributed by atoms with Crippen molar-refractivity contribution in [2.45, 2.75) is 114 Å². The zero-order valence-electron chi connectivity index (χ0n) is 26.9. The maximum atomic E-state index is 15.0. The first-order valence-corrected chi connectivity index (χ1v) is 16.2. The van der Waals surface area contributed by atoms with Gasteiger partial charge in [-0.2, -0.15) is 0 Å². The number of alkyl halides is 2. The number of halogens is 2. The van der Waals surface area contributed by atoms with E-state index in [-0.39, 0.29) is 25.8 Å². The van der Waals surface area contributed by atoms with Gasteiger partial charge in [0.05, 0.1) is 12.5 Å². The molecular formula is C34H43F2N3O8. The van der Waals surface area contributed by atoms with Crippen LogP contribution in [0.3, 0.4) is 0 Å². The average Bonchev–Trinajstić information content (AvgIpc) is 3.53. The predicted molar refractivity (Wildman–Crippen MR) is 164 cm³/mol. The number of rotatable bonds is 4. The summed E-state index contributed by atoms with van der Waals surface area (Å²) in [5, 5.41) is 15.0. The maximum Gasteiger partial charge on any atom is 0.408 e. The van der Waals surface area contributed by atoms with E-state index in [0.717, 1.165) is 10.5 Å². The van der Waals surface area contributed by atoms with E-state index in [9.17, 15) is 37.9 Å². The highest BCUT2D eigenvalue weighted by Gasteiger charge is 2.61. The fraction of sp³-hybridized carbons (Fsp3) is 0.618. The third kappa shape index (κ3) is 8.10. The normalized spacial score (nSPS) is 31.4. The monoisotopic (exact) mass is 659 g/mol. The van der Waals surface area contributed by atoms with Crippen molar-refractivity contribution in [2.75, 3.05) is 6.54 Å². The first-order valence-electron chi connectivity index (χ1n) is 16.2. The first-order chi connectivity index (χ1) is 22.1. The Hall–Kier alpha value is -4.03. The molecule has 0 bridgehead atoms. The van der Waals surface area contributed by atoms with Gasteiger partial charge in [-0.1, -0.05) is 36.4 Å². The summed E-state index contributed by atoms with van der Waals surface area (Å²) in [6.07, 6.45) is 1.02. The Bertz CT molecular complexity index is 1440. The minimum absolute atomic E-state index is 0.0420. The lowest BCUT2D eigenvalue weighted by Gasteiger charge is -2.30. The van der Waals surface area contributed by atoms with Gasteiger partial charge in [-0.25, -0.2) is 18.4 Å². The number of benzene rings is 1. The molecule has 1 aromatic rings. The molecule has 47 heavy (non-hydrogen) atoms. The number of carboxylic acids is 1. The van der Waals surface area contributed by atoms with Crippen LogP contribution >= 0.6 is 0 Å². The molecule has 2 aliphatic carbocycles. The van der Waals surface area contributed by atoms with E-state index < -0.39 is 96.2 Å². The molecule has 1 saturated carbocycles. The van der Waals surface area contributed by atoms with Crippen LogP contribution in [0.2, 0.25) is 0 Å². The van der Waals surface area contributed by atoms with Crippen LogP contribution < -0.4 is 10.6 Å². The smallest absolute Gasteiger partial charge is 0.408 e. The van der Waals surface area contributed by atoms with Crippen molar-refractivity contribution in [1.82, 2.24) is 15.5 Å². The Labute approximate surface area is 272 Å². The molecule has 2 fully saturated rings. The van der Waals surface area contributed by atoms with Crippen LogP contribution in [0.1, 0.15) is 76.8 Å². The second kappa shape index (κ2) is 13.2. The number of hydrogen-bond acceptors (Lipinski definition) is 7. The first kappa shape index (κ1) is 34.3. The summed E-state index contributed by atoms with van der Waals surface area (Å²) >= 11 is 0. The second-order valence-electron chi connectivity index (χ2n) is 14.1. The van der Waals surface area contributed by atoms with Gasteiger partial charge in [-0.05, 0) is 70.4 Å². The second-order valence-corrected chi connectivity index (χ2v) is 14.1. The van der Waals surface area contributed by atoms with Crippen LogP contribution in [0.15, 0.2) is 36.4 Å². The van der Waals surface area contributed by atoms with Crippen molar-refractivity contribution >= 4 is 29.8 Å². The number of nitrogens with one attached hydrogen (secondary N) is 2. The highest BCUT2D eigenvalue weighted by atomic mass is 19.3. The van der Waals surface area contributed by atoms with Gasteiger partial charge in [0, 0.05) is 25.2 Å². The van der Waals surface area contributed by atoms with Crippen LogP contribution in [0.25, 0.3) is 0 Å². The van der Waals surface area contributed by atoms with Crippen LogP contribution in [0, 0.1) is 11.8 Å². The lowest BCUT2D eigenvalue weighted by molar-refractivity contribution is -0.154. The molecule has 13 heteroatoms. The maximum absolute atomic E-state index is 15.0. The third-order valence-corrected chi connectivity index (χ3v) is 9.39. The van der Waals surface area contributed by atoms with Crippen LogP contribution in [-0.4, -0.2) is 81.6 Å². The van der Waals surface area contributed by atoms with E-state index in [0.29, 0.717) is 19.3 Å². The van der Waals surface area contributed by atoms with Crippen molar-refractivity contribution in [3.63, 3.8) is 0 Å². The number of ether oxygens (including phenoxy) is 2. The van der Waals surface area contributed by atoms with Crippen LogP contribution in [-0.2, 0) is 41.5 Å². The molecule has 4 aliphatic rings. The molecule has 2 heterocycles. The van der Waals surface area contributed by atoms with Crippen molar-refractivity contribution in [3.8, 4) is 0 Å². The molecule has 1 unspecified atom stereocenters. The molecule has 256 valence electrons. The number of aliphatic carboxylic acids is 1. The number of fused-ring (bicyclic) bond motifs is 3. The Morgan fingerprint density at radius 1 is 1.09 bits per heavy atom. The van der Waals surface area contributed by atoms with E-state index in [2.05, 4.69) is 10.6 Å². The molecule has 6 atom stereocenters. The van der Waals surface area contributed by atoms with Gasteiger partial charge in [-0.3, -0.25) is 14.4 Å². The number of carboxylic acid groups (broad SMARTS) is 1. The lowest BCUT2D eigenvalue weighted by atomic mass is 9.84. The lowest BCUT2D eigenvalue weighted by Crippen LogP contribution is -2.56. The summed E-state index contributed by atoms with van der Waals surface area (Å²) in [6.45, 7) is 4.60. The van der Waals surface area contributed by atoms with Crippen molar-refractivity contribution in [3.05, 3.63) is 47.5 Å². The van der Waals surface area contributed by atoms with Gasteiger partial charge in [0.25, 0.3) is 0 Å². The number of esters is 1. The topological polar surface area (TPSA) is 151 Å². The third-order valence-electron chi connectivity index (χ3n) is 9.39. The van der Waals surface area contributed by atoms with Crippen molar-refractivity contribution < 1.29 is 47.3 Å².